The monoisotopic (exact) mass is 590 g/mol. The van der Waals surface area contributed by atoms with Crippen LogP contribution in [0, 0.1) is 10.8 Å². The van der Waals surface area contributed by atoms with Crippen LogP contribution in [0.3, 0.4) is 0 Å². The molecule has 0 aliphatic carbocycles. The van der Waals surface area contributed by atoms with Crippen molar-refractivity contribution < 1.29 is 28.6 Å². The van der Waals surface area contributed by atoms with Crippen LogP contribution in [0.15, 0.2) is 84.9 Å². The van der Waals surface area contributed by atoms with Gasteiger partial charge in [-0.1, -0.05) is 126 Å². The Kier molecular flexibility index (Phi) is 7.52. The lowest BCUT2D eigenvalue weighted by Crippen LogP contribution is -3.00. The second-order valence-electron chi connectivity index (χ2n) is 12.3. The smallest absolute Gasteiger partial charge is 0.235 e. The molecule has 2 nitrogen and oxygen atoms in total. The van der Waals surface area contributed by atoms with E-state index in [0.717, 1.165) is 13.1 Å². The number of hydrogen-bond acceptors (Lipinski definition) is 1. The van der Waals surface area contributed by atoms with E-state index in [4.69, 9.17) is 0 Å². The minimum Gasteiger partial charge on any atom is -1.00 e. The normalized spacial score (nSPS) is 16.1. The third-order valence-corrected chi connectivity index (χ3v) is 7.45. The highest BCUT2D eigenvalue weighted by molar-refractivity contribution is 5.87. The molecule has 0 saturated carbocycles. The fourth-order valence-corrected chi connectivity index (χ4v) is 6.19. The summed E-state index contributed by atoms with van der Waals surface area (Å²) in [6, 6.07) is 31.8. The van der Waals surface area contributed by atoms with Crippen LogP contribution in [0.5, 0.6) is 0 Å². The fraction of sp³-hybridized carbons (Fsp3) is 0.364. The third-order valence-electron chi connectivity index (χ3n) is 7.45. The Bertz CT molecular complexity index is 1380. The standard InChI is InChI=1S/C33H39N2.HI/c1-32(2,3)30(28-19-11-15-24-13-7-9-17-26(24)28)34-21-22-35(23-34)31(33(4,5)6)29-20-12-16-25-14-8-10-18-27(25)29;/h7-20,23,30-31H,21-22H2,1-6H3;1H/q+1;/p-1/t30-,31+;. The number of nitrogens with zero attached hydrogens (tertiary/aromatic N) is 2. The van der Waals surface area contributed by atoms with Crippen molar-refractivity contribution >= 4 is 27.9 Å². The Morgan fingerprint density at radius 2 is 1.14 bits per heavy atom. The van der Waals surface area contributed by atoms with Crippen LogP contribution in [0.1, 0.15) is 64.8 Å². The highest BCUT2D eigenvalue weighted by Gasteiger charge is 2.42. The molecule has 4 aromatic rings. The van der Waals surface area contributed by atoms with E-state index in [1.54, 1.807) is 0 Å². The summed E-state index contributed by atoms with van der Waals surface area (Å²) in [7, 11) is 0. The topological polar surface area (TPSA) is 6.25 Å². The maximum atomic E-state index is 2.60. The van der Waals surface area contributed by atoms with E-state index < -0.39 is 0 Å². The molecule has 5 rings (SSSR count). The lowest BCUT2D eigenvalue weighted by Gasteiger charge is -2.34. The Labute approximate surface area is 234 Å². The molecule has 0 radical (unpaired) electrons. The van der Waals surface area contributed by atoms with E-state index in [2.05, 4.69) is 142 Å². The van der Waals surface area contributed by atoms with E-state index in [0.29, 0.717) is 12.1 Å². The average molecular weight is 591 g/mol. The molecule has 0 saturated heterocycles. The second kappa shape index (κ2) is 10.2. The molecule has 0 N–H and O–H groups in total. The van der Waals surface area contributed by atoms with Crippen LogP contribution in [0.25, 0.3) is 21.5 Å². The Morgan fingerprint density at radius 3 is 1.69 bits per heavy atom. The van der Waals surface area contributed by atoms with Gasteiger partial charge in [0.2, 0.25) is 6.34 Å². The summed E-state index contributed by atoms with van der Waals surface area (Å²) in [5, 5.41) is 5.36. The average Bonchev–Trinajstić information content (AvgIpc) is 3.26. The van der Waals surface area contributed by atoms with Gasteiger partial charge < -0.3 is 24.0 Å². The lowest BCUT2D eigenvalue weighted by molar-refractivity contribution is -0.576. The van der Waals surface area contributed by atoms with Gasteiger partial charge in [-0.05, 0) is 21.5 Å². The van der Waals surface area contributed by atoms with Gasteiger partial charge in [-0.3, -0.25) is 9.48 Å². The Hall–Kier alpha value is -2.40. The van der Waals surface area contributed by atoms with Gasteiger partial charge in [0.25, 0.3) is 0 Å². The highest BCUT2D eigenvalue weighted by atomic mass is 127. The molecule has 2 atom stereocenters. The molecular weight excluding hydrogens is 551 g/mol. The lowest BCUT2D eigenvalue weighted by atomic mass is 9.80. The summed E-state index contributed by atoms with van der Waals surface area (Å²) in [5.41, 5.74) is 3.03. The van der Waals surface area contributed by atoms with Crippen molar-refractivity contribution in [3.8, 4) is 0 Å². The Balaban J connectivity index is 0.00000304. The zero-order valence-electron chi connectivity index (χ0n) is 22.5. The molecular formula is C33H39IN2. The first-order valence-corrected chi connectivity index (χ1v) is 13.0. The third kappa shape index (κ3) is 5.04. The molecule has 1 aliphatic heterocycles. The SMILES string of the molecule is CC(C)(C)[C@H](c1cccc2ccccc12)[N+]1=CN([C@H](c2cccc3ccccc23)C(C)(C)C)CC1.[I-]. The maximum absolute atomic E-state index is 2.60. The first kappa shape index (κ1) is 26.7. The summed E-state index contributed by atoms with van der Waals surface area (Å²) >= 11 is 0. The van der Waals surface area contributed by atoms with E-state index >= 15 is 0 Å². The van der Waals surface area contributed by atoms with E-state index in [9.17, 15) is 0 Å². The van der Waals surface area contributed by atoms with Crippen molar-refractivity contribution in [2.45, 2.75) is 53.6 Å². The van der Waals surface area contributed by atoms with Gasteiger partial charge in [-0.2, -0.15) is 0 Å². The van der Waals surface area contributed by atoms with E-state index in [-0.39, 0.29) is 34.8 Å². The molecule has 0 fully saturated rings. The molecule has 0 amide bonds. The van der Waals surface area contributed by atoms with Gasteiger partial charge in [0.1, 0.15) is 25.2 Å². The summed E-state index contributed by atoms with van der Waals surface area (Å²) < 4.78 is 2.60. The van der Waals surface area contributed by atoms with Gasteiger partial charge >= 0.3 is 0 Å². The van der Waals surface area contributed by atoms with E-state index in [1.165, 1.54) is 32.7 Å². The Morgan fingerprint density at radius 1 is 0.639 bits per heavy atom. The molecule has 36 heavy (non-hydrogen) atoms. The van der Waals surface area contributed by atoms with Crippen LogP contribution in [0.4, 0.5) is 0 Å². The summed E-state index contributed by atoms with van der Waals surface area (Å²) in [5.74, 6) is 0. The van der Waals surface area contributed by atoms with Crippen LogP contribution >= 0.6 is 0 Å². The summed E-state index contributed by atoms with van der Waals surface area (Å²) in [4.78, 5) is 2.60. The number of rotatable bonds is 4. The maximum Gasteiger partial charge on any atom is 0.235 e. The molecule has 0 spiro atoms. The zero-order valence-corrected chi connectivity index (χ0v) is 24.7. The highest BCUT2D eigenvalue weighted by Crippen LogP contribution is 2.43. The molecule has 0 aromatic heterocycles. The minimum absolute atomic E-state index is 0. The van der Waals surface area contributed by atoms with Crippen LogP contribution in [-0.2, 0) is 0 Å². The first-order valence-electron chi connectivity index (χ1n) is 13.0. The number of benzene rings is 4. The van der Waals surface area contributed by atoms with Crippen molar-refractivity contribution in [1.29, 1.82) is 0 Å². The number of halogens is 1. The van der Waals surface area contributed by atoms with Gasteiger partial charge in [0.05, 0.1) is 0 Å². The van der Waals surface area contributed by atoms with Crippen molar-refractivity contribution in [2.24, 2.45) is 10.8 Å². The van der Waals surface area contributed by atoms with E-state index in [1.807, 2.05) is 0 Å². The molecule has 0 unspecified atom stereocenters. The molecule has 1 aliphatic rings. The molecule has 0 bridgehead atoms. The van der Waals surface area contributed by atoms with Gasteiger partial charge in [0.15, 0.2) is 0 Å². The summed E-state index contributed by atoms with van der Waals surface area (Å²) in [6.07, 6.45) is 2.44. The predicted molar refractivity (Wildman–Crippen MR) is 150 cm³/mol. The van der Waals surface area contributed by atoms with Crippen molar-refractivity contribution in [3.05, 3.63) is 96.1 Å². The largest absolute Gasteiger partial charge is 1.00 e. The zero-order chi connectivity index (χ0) is 24.8. The van der Waals surface area contributed by atoms with Crippen LogP contribution in [-0.4, -0.2) is 28.9 Å². The van der Waals surface area contributed by atoms with Crippen LogP contribution < -0.4 is 24.0 Å². The van der Waals surface area contributed by atoms with Crippen molar-refractivity contribution in [1.82, 2.24) is 4.90 Å². The molecule has 1 heterocycles. The number of hydrogen-bond donors (Lipinski definition) is 0. The van der Waals surface area contributed by atoms with Crippen molar-refractivity contribution in [3.63, 3.8) is 0 Å². The molecule has 4 aromatic carbocycles. The quantitative estimate of drug-likeness (QED) is 0.233. The predicted octanol–water partition coefficient (Wildman–Crippen LogP) is 5.23. The van der Waals surface area contributed by atoms with Crippen molar-refractivity contribution in [2.75, 3.05) is 13.1 Å². The number of fused-ring (bicyclic) bond motifs is 2. The van der Waals surface area contributed by atoms with Crippen LogP contribution in [0.2, 0.25) is 0 Å². The second-order valence-corrected chi connectivity index (χ2v) is 12.3. The fourth-order valence-electron chi connectivity index (χ4n) is 6.19. The van der Waals surface area contributed by atoms with Gasteiger partial charge in [-0.15, -0.1) is 0 Å². The minimum atomic E-state index is 0. The molecule has 188 valence electrons. The summed E-state index contributed by atoms with van der Waals surface area (Å²) in [6.45, 7) is 16.3. The first-order chi connectivity index (χ1) is 16.6. The van der Waals surface area contributed by atoms with Gasteiger partial charge in [-0.25, -0.2) is 0 Å². The molecule has 3 heteroatoms. The van der Waals surface area contributed by atoms with Gasteiger partial charge in [0, 0.05) is 22.0 Å².